The van der Waals surface area contributed by atoms with E-state index in [0.29, 0.717) is 0 Å². The van der Waals surface area contributed by atoms with Crippen molar-refractivity contribution in [2.24, 2.45) is 11.8 Å². The molecule has 0 amide bonds. The molecule has 0 bridgehead atoms. The van der Waals surface area contributed by atoms with E-state index in [1.807, 2.05) is 0 Å². The van der Waals surface area contributed by atoms with Gasteiger partial charge in [0.05, 0.1) is 5.54 Å². The smallest absolute Gasteiger partial charge is 0.0991 e. The van der Waals surface area contributed by atoms with Gasteiger partial charge in [-0.25, -0.2) is 0 Å². The molecule has 2 unspecified atom stereocenters. The molecule has 0 aliphatic heterocycles. The van der Waals surface area contributed by atoms with Crippen LogP contribution in [0.2, 0.25) is 0 Å². The Kier molecular flexibility index (Phi) is 14.5. The van der Waals surface area contributed by atoms with Crippen LogP contribution in [0.15, 0.2) is 30.3 Å². The third-order valence-electron chi connectivity index (χ3n) is 5.95. The highest BCUT2D eigenvalue weighted by Gasteiger charge is 2.34. The molecule has 2 heteroatoms. The molecule has 26 heavy (non-hydrogen) atoms. The Balaban J connectivity index is 0.00000625. The molecule has 2 atom stereocenters. The lowest BCUT2D eigenvalue weighted by atomic mass is 9.74. The fourth-order valence-electron chi connectivity index (χ4n) is 4.37. The molecule has 0 heterocycles. The van der Waals surface area contributed by atoms with Gasteiger partial charge in [-0.3, -0.25) is 0 Å². The second kappa shape index (κ2) is 14.7. The average Bonchev–Trinajstić information content (AvgIpc) is 2.63. The summed E-state index contributed by atoms with van der Waals surface area (Å²) in [6.07, 6.45) is 14.5. The van der Waals surface area contributed by atoms with Crippen LogP contribution in [0.3, 0.4) is 0 Å². The zero-order chi connectivity index (χ0) is 18.5. The Morgan fingerprint density at radius 2 is 1.27 bits per heavy atom. The van der Waals surface area contributed by atoms with Crippen LogP contribution in [-0.4, -0.2) is 5.54 Å². The van der Waals surface area contributed by atoms with Crippen LogP contribution in [0.4, 0.5) is 0 Å². The van der Waals surface area contributed by atoms with E-state index in [0.717, 1.165) is 18.3 Å². The largest absolute Gasteiger partial charge is 1.00 e. The predicted molar refractivity (Wildman–Crippen MR) is 112 cm³/mol. The average molecular weight is 427 g/mol. The van der Waals surface area contributed by atoms with Gasteiger partial charge in [0.25, 0.3) is 0 Å². The molecule has 152 valence electrons. The fourth-order valence-corrected chi connectivity index (χ4v) is 4.37. The first kappa shape index (κ1) is 25.7. The van der Waals surface area contributed by atoms with Crippen LogP contribution >= 0.6 is 0 Å². The first-order valence-corrected chi connectivity index (χ1v) is 11.0. The Bertz CT molecular complexity index is 413. The summed E-state index contributed by atoms with van der Waals surface area (Å²) in [7, 11) is 0. The lowest BCUT2D eigenvalue weighted by molar-refractivity contribution is -0.486. The molecule has 0 saturated heterocycles. The summed E-state index contributed by atoms with van der Waals surface area (Å²) in [6, 6.07) is 11.1. The van der Waals surface area contributed by atoms with Crippen molar-refractivity contribution in [3.63, 3.8) is 0 Å². The molecule has 0 aromatic heterocycles. The van der Waals surface area contributed by atoms with Gasteiger partial charge in [0, 0.05) is 19.3 Å². The Hall–Kier alpha value is -0.340. The van der Waals surface area contributed by atoms with Crippen molar-refractivity contribution in [2.45, 2.75) is 104 Å². The number of halogens is 1. The van der Waals surface area contributed by atoms with Gasteiger partial charge >= 0.3 is 0 Å². The molecule has 0 aliphatic rings. The molecule has 1 rings (SSSR count). The van der Waals surface area contributed by atoms with E-state index >= 15 is 0 Å². The summed E-state index contributed by atoms with van der Waals surface area (Å²) < 4.78 is 0. The molecular weight excluding hydrogens is 382 g/mol. The third kappa shape index (κ3) is 10.1. The van der Waals surface area contributed by atoms with E-state index in [1.165, 1.54) is 69.8 Å². The van der Waals surface area contributed by atoms with Crippen molar-refractivity contribution in [1.82, 2.24) is 0 Å². The molecule has 1 nitrogen and oxygen atoms in total. The second-order valence-corrected chi connectivity index (χ2v) is 8.40. The highest BCUT2D eigenvalue weighted by atomic mass is 79.9. The number of hydrogen-bond donors (Lipinski definition) is 1. The standard InChI is InChI=1S/C24H43N.BrH/c1-5-9-14-21(7-3)18-24(25,19-22(8-4)15-10-6-2)20-23-16-12-11-13-17-23;/h11-13,16-17,21-22H,5-10,14-15,18-20,25H2,1-4H3;1H. The van der Waals surface area contributed by atoms with Crippen molar-refractivity contribution in [3.05, 3.63) is 35.9 Å². The van der Waals surface area contributed by atoms with E-state index < -0.39 is 0 Å². The van der Waals surface area contributed by atoms with Gasteiger partial charge in [-0.05, 0) is 17.4 Å². The highest BCUT2D eigenvalue weighted by Crippen LogP contribution is 2.32. The molecule has 0 fully saturated rings. The van der Waals surface area contributed by atoms with Crippen LogP contribution in [0.25, 0.3) is 0 Å². The maximum absolute atomic E-state index is 4.86. The van der Waals surface area contributed by atoms with Gasteiger partial charge in [0.1, 0.15) is 0 Å². The second-order valence-electron chi connectivity index (χ2n) is 8.40. The van der Waals surface area contributed by atoms with Gasteiger partial charge in [-0.15, -0.1) is 0 Å². The maximum atomic E-state index is 4.86. The fraction of sp³-hybridized carbons (Fsp3) is 0.750. The summed E-state index contributed by atoms with van der Waals surface area (Å²) >= 11 is 0. The van der Waals surface area contributed by atoms with Gasteiger partial charge in [0.15, 0.2) is 0 Å². The number of hydrogen-bond acceptors (Lipinski definition) is 0. The van der Waals surface area contributed by atoms with Gasteiger partial charge in [0.2, 0.25) is 0 Å². The van der Waals surface area contributed by atoms with Crippen molar-refractivity contribution in [3.8, 4) is 0 Å². The minimum atomic E-state index is 0. The van der Waals surface area contributed by atoms with E-state index in [1.54, 1.807) is 0 Å². The minimum Gasteiger partial charge on any atom is -1.00 e. The summed E-state index contributed by atoms with van der Waals surface area (Å²) in [6.45, 7) is 9.37. The van der Waals surface area contributed by atoms with Crippen molar-refractivity contribution >= 4 is 0 Å². The van der Waals surface area contributed by atoms with Crippen molar-refractivity contribution in [1.29, 1.82) is 0 Å². The first-order chi connectivity index (χ1) is 12.1. The first-order valence-electron chi connectivity index (χ1n) is 11.0. The maximum Gasteiger partial charge on any atom is 0.0991 e. The molecule has 0 aliphatic carbocycles. The number of benzene rings is 1. The van der Waals surface area contributed by atoms with Crippen molar-refractivity contribution < 1.29 is 22.7 Å². The lowest BCUT2D eigenvalue weighted by Crippen LogP contribution is -3.00. The Morgan fingerprint density at radius 1 is 0.808 bits per heavy atom. The van der Waals surface area contributed by atoms with Crippen LogP contribution in [0, 0.1) is 11.8 Å². The van der Waals surface area contributed by atoms with E-state index in [4.69, 9.17) is 5.73 Å². The summed E-state index contributed by atoms with van der Waals surface area (Å²) in [5, 5.41) is 0. The summed E-state index contributed by atoms with van der Waals surface area (Å²) in [5.41, 5.74) is 6.52. The van der Waals surface area contributed by atoms with Crippen molar-refractivity contribution in [2.75, 3.05) is 0 Å². The molecule has 0 radical (unpaired) electrons. The number of rotatable bonds is 14. The zero-order valence-corrected chi connectivity index (χ0v) is 19.5. The lowest BCUT2D eigenvalue weighted by Gasteiger charge is -2.33. The van der Waals surface area contributed by atoms with E-state index in [2.05, 4.69) is 58.0 Å². The highest BCUT2D eigenvalue weighted by molar-refractivity contribution is 5.17. The van der Waals surface area contributed by atoms with Gasteiger partial charge in [-0.1, -0.05) is 109 Å². The minimum absolute atomic E-state index is 0. The normalized spacial score (nSPS) is 15.7. The van der Waals surface area contributed by atoms with E-state index in [-0.39, 0.29) is 22.5 Å². The number of unbranched alkanes of at least 4 members (excludes halogenated alkanes) is 2. The third-order valence-corrected chi connectivity index (χ3v) is 5.95. The monoisotopic (exact) mass is 425 g/mol. The Morgan fingerprint density at radius 3 is 1.65 bits per heavy atom. The molecule has 1 aromatic carbocycles. The Labute approximate surface area is 174 Å². The summed E-state index contributed by atoms with van der Waals surface area (Å²) in [4.78, 5) is 0. The van der Waals surface area contributed by atoms with Crippen LogP contribution in [0.5, 0.6) is 0 Å². The van der Waals surface area contributed by atoms with Crippen LogP contribution in [0.1, 0.15) is 97.5 Å². The molecule has 1 aromatic rings. The quantitative estimate of drug-likeness (QED) is 0.472. The zero-order valence-electron chi connectivity index (χ0n) is 17.9. The molecule has 3 N–H and O–H groups in total. The topological polar surface area (TPSA) is 27.6 Å². The van der Waals surface area contributed by atoms with E-state index in [9.17, 15) is 0 Å². The number of quaternary nitrogens is 1. The molecule has 0 saturated carbocycles. The van der Waals surface area contributed by atoms with Crippen LogP contribution < -0.4 is 22.7 Å². The summed E-state index contributed by atoms with van der Waals surface area (Å²) in [5.74, 6) is 1.68. The predicted octanol–water partition coefficient (Wildman–Crippen LogP) is 3.43. The molecule has 0 spiro atoms. The van der Waals surface area contributed by atoms with Crippen LogP contribution in [-0.2, 0) is 6.42 Å². The SMILES string of the molecule is CCCCC(CC)CC([NH3+])(Cc1ccccc1)CC(CC)CCCC.[Br-]. The van der Waals surface area contributed by atoms with Gasteiger partial charge < -0.3 is 22.7 Å². The van der Waals surface area contributed by atoms with Gasteiger partial charge in [-0.2, -0.15) is 0 Å². The molecular formula is C24H44BrN.